The highest BCUT2D eigenvalue weighted by atomic mass is 35.5. The average molecular weight is 530 g/mol. The molecule has 10 heteroatoms. The summed E-state index contributed by atoms with van der Waals surface area (Å²) >= 11 is 6.26. The van der Waals surface area contributed by atoms with Crippen LogP contribution < -0.4 is 25.5 Å². The van der Waals surface area contributed by atoms with E-state index in [0.29, 0.717) is 35.2 Å². The topological polar surface area (TPSA) is 100 Å². The number of amides is 1. The number of hydrogen-bond acceptors (Lipinski definition) is 7. The molecule has 2 aromatic heterocycles. The summed E-state index contributed by atoms with van der Waals surface area (Å²) in [6.07, 6.45) is 4.31. The Hall–Kier alpha value is -4.47. The molecule has 0 aliphatic carbocycles. The minimum Gasteiger partial charge on any atom is -0.508 e. The van der Waals surface area contributed by atoms with Gasteiger partial charge in [0.1, 0.15) is 17.1 Å². The highest BCUT2D eigenvalue weighted by Gasteiger charge is 2.25. The van der Waals surface area contributed by atoms with Gasteiger partial charge in [-0.1, -0.05) is 23.8 Å². The number of hydrazine groups is 1. The summed E-state index contributed by atoms with van der Waals surface area (Å²) in [5.74, 6) is 1.38. The van der Waals surface area contributed by atoms with Crippen LogP contribution in [0.25, 0.3) is 16.4 Å². The lowest BCUT2D eigenvalue weighted by molar-refractivity contribution is 0.102. The number of fused-ring (bicyclic) bond motifs is 4. The fourth-order valence-electron chi connectivity index (χ4n) is 4.80. The summed E-state index contributed by atoms with van der Waals surface area (Å²) in [5, 5.41) is 16.4. The second-order valence-corrected chi connectivity index (χ2v) is 9.18. The Labute approximate surface area is 223 Å². The number of nitrogens with one attached hydrogen (secondary N) is 2. The molecule has 0 bridgehead atoms. The summed E-state index contributed by atoms with van der Waals surface area (Å²) < 4.78 is 7.45. The molecule has 0 saturated heterocycles. The number of rotatable bonds is 7. The number of aromatic hydroxyl groups is 1. The molecule has 3 heterocycles. The minimum absolute atomic E-state index is 0.104. The molecule has 0 fully saturated rings. The number of halogens is 1. The van der Waals surface area contributed by atoms with Gasteiger partial charge in [0.15, 0.2) is 0 Å². The molecule has 5 aromatic rings. The SMILES string of the molecule is COc1cc2c(c3c(CCl)cccc13)CCN2NOc1cn2cc(NC(=O)c3ccc(O)cc3)ccc2n1. The van der Waals surface area contributed by atoms with Crippen molar-refractivity contribution in [2.24, 2.45) is 0 Å². The van der Waals surface area contributed by atoms with Crippen LogP contribution in [0.15, 0.2) is 73.1 Å². The van der Waals surface area contributed by atoms with Gasteiger partial charge in [-0.15, -0.1) is 11.6 Å². The number of alkyl halides is 1. The van der Waals surface area contributed by atoms with E-state index >= 15 is 0 Å². The molecule has 9 nitrogen and oxygen atoms in total. The standard InChI is InChI=1S/C28H24ClN5O4/c1-37-24-13-23-21(27-18(14-29)3-2-4-22(24)27)11-12-34(23)32-38-26-16-33-15-19(7-10-25(33)31-26)30-28(36)17-5-8-20(35)9-6-17/h2-10,13,15-16,32,35H,11-12,14H2,1H3,(H,30,36). The van der Waals surface area contributed by atoms with Gasteiger partial charge in [0.2, 0.25) is 0 Å². The van der Waals surface area contributed by atoms with Crippen LogP contribution in [0.2, 0.25) is 0 Å². The zero-order valence-electron chi connectivity index (χ0n) is 20.4. The van der Waals surface area contributed by atoms with Gasteiger partial charge in [-0.25, -0.2) is 0 Å². The summed E-state index contributed by atoms with van der Waals surface area (Å²) in [6.45, 7) is 0.703. The molecule has 3 aromatic carbocycles. The molecule has 0 unspecified atom stereocenters. The number of imidazole rings is 1. The average Bonchev–Trinajstić information content (AvgIpc) is 3.54. The van der Waals surface area contributed by atoms with E-state index in [1.807, 2.05) is 23.2 Å². The van der Waals surface area contributed by atoms with E-state index in [0.717, 1.165) is 34.2 Å². The first kappa shape index (κ1) is 23.9. The zero-order chi connectivity index (χ0) is 26.2. The number of phenols is 1. The minimum atomic E-state index is -0.282. The first-order valence-electron chi connectivity index (χ1n) is 12.0. The van der Waals surface area contributed by atoms with Gasteiger partial charge in [-0.2, -0.15) is 4.98 Å². The lowest BCUT2D eigenvalue weighted by Gasteiger charge is -2.21. The summed E-state index contributed by atoms with van der Waals surface area (Å²) in [6, 6.07) is 17.7. The monoisotopic (exact) mass is 529 g/mol. The van der Waals surface area contributed by atoms with Gasteiger partial charge in [-0.05, 0) is 59.3 Å². The number of aromatic nitrogens is 2. The maximum atomic E-state index is 12.5. The summed E-state index contributed by atoms with van der Waals surface area (Å²) in [4.78, 5) is 22.8. The van der Waals surface area contributed by atoms with E-state index in [9.17, 15) is 9.90 Å². The van der Waals surface area contributed by atoms with Crippen LogP contribution in [0.4, 0.5) is 11.4 Å². The Bertz CT molecular complexity index is 1670. The van der Waals surface area contributed by atoms with Crippen molar-refractivity contribution in [1.82, 2.24) is 15.0 Å². The van der Waals surface area contributed by atoms with Crippen molar-refractivity contribution in [2.75, 3.05) is 24.0 Å². The third kappa shape index (κ3) is 4.31. The van der Waals surface area contributed by atoms with Gasteiger partial charge in [0.05, 0.1) is 24.7 Å². The van der Waals surface area contributed by atoms with Crippen LogP contribution >= 0.6 is 11.6 Å². The number of methoxy groups -OCH3 is 1. The van der Waals surface area contributed by atoms with Crippen molar-refractivity contribution >= 4 is 45.3 Å². The molecule has 1 aliphatic heterocycles. The van der Waals surface area contributed by atoms with Crippen LogP contribution in [0, 0.1) is 0 Å². The van der Waals surface area contributed by atoms with E-state index in [1.54, 1.807) is 48.2 Å². The molecular formula is C28H24ClN5O4. The van der Waals surface area contributed by atoms with E-state index in [1.165, 1.54) is 17.7 Å². The van der Waals surface area contributed by atoms with Crippen LogP contribution in [0.1, 0.15) is 21.5 Å². The molecule has 0 spiro atoms. The lowest BCUT2D eigenvalue weighted by Crippen LogP contribution is -2.39. The van der Waals surface area contributed by atoms with Gasteiger partial charge in [0, 0.05) is 35.6 Å². The van der Waals surface area contributed by atoms with E-state index in [2.05, 4.69) is 22.0 Å². The predicted molar refractivity (Wildman–Crippen MR) is 146 cm³/mol. The molecule has 1 aliphatic rings. The quantitative estimate of drug-likeness (QED) is 0.200. The second-order valence-electron chi connectivity index (χ2n) is 8.91. The van der Waals surface area contributed by atoms with Crippen LogP contribution in [0.5, 0.6) is 17.4 Å². The fourth-order valence-corrected chi connectivity index (χ4v) is 5.02. The molecule has 38 heavy (non-hydrogen) atoms. The molecule has 192 valence electrons. The molecular weight excluding hydrogens is 506 g/mol. The highest BCUT2D eigenvalue weighted by molar-refractivity contribution is 6.18. The van der Waals surface area contributed by atoms with Crippen LogP contribution in [-0.4, -0.2) is 34.1 Å². The lowest BCUT2D eigenvalue weighted by atomic mass is 9.97. The maximum absolute atomic E-state index is 12.5. The first-order valence-corrected chi connectivity index (χ1v) is 12.5. The predicted octanol–water partition coefficient (Wildman–Crippen LogP) is 5.05. The van der Waals surface area contributed by atoms with Crippen molar-refractivity contribution in [3.8, 4) is 17.4 Å². The van der Waals surface area contributed by atoms with Crippen LogP contribution in [-0.2, 0) is 12.3 Å². The molecule has 6 rings (SSSR count). The van der Waals surface area contributed by atoms with Gasteiger partial charge < -0.3 is 24.4 Å². The number of benzene rings is 3. The number of nitrogens with zero attached hydrogens (tertiary/aromatic N) is 3. The van der Waals surface area contributed by atoms with Crippen molar-refractivity contribution in [3.05, 3.63) is 89.7 Å². The van der Waals surface area contributed by atoms with Crippen molar-refractivity contribution in [2.45, 2.75) is 12.3 Å². The smallest absolute Gasteiger partial charge is 0.258 e. The number of carbonyl (C=O) groups excluding carboxylic acids is 1. The van der Waals surface area contributed by atoms with Crippen molar-refractivity contribution < 1.29 is 19.5 Å². The highest BCUT2D eigenvalue weighted by Crippen LogP contribution is 2.41. The largest absolute Gasteiger partial charge is 0.508 e. The number of carbonyl (C=O) groups is 1. The van der Waals surface area contributed by atoms with E-state index in [-0.39, 0.29) is 11.7 Å². The van der Waals surface area contributed by atoms with Crippen LogP contribution in [0.3, 0.4) is 0 Å². The Morgan fingerprint density at radius 3 is 2.76 bits per heavy atom. The number of ether oxygens (including phenoxy) is 1. The normalized spacial score (nSPS) is 12.6. The maximum Gasteiger partial charge on any atom is 0.258 e. The zero-order valence-corrected chi connectivity index (χ0v) is 21.2. The van der Waals surface area contributed by atoms with Crippen molar-refractivity contribution in [1.29, 1.82) is 0 Å². The Kier molecular flexibility index (Phi) is 6.15. The van der Waals surface area contributed by atoms with E-state index < -0.39 is 0 Å². The second kappa shape index (κ2) is 9.77. The number of anilines is 2. The van der Waals surface area contributed by atoms with Gasteiger partial charge >= 0.3 is 0 Å². The van der Waals surface area contributed by atoms with E-state index in [4.69, 9.17) is 21.2 Å². The molecule has 3 N–H and O–H groups in total. The fraction of sp³-hybridized carbons (Fsp3) is 0.143. The number of hydrogen-bond donors (Lipinski definition) is 3. The Morgan fingerprint density at radius 2 is 1.97 bits per heavy atom. The molecule has 0 atom stereocenters. The third-order valence-electron chi connectivity index (χ3n) is 6.61. The summed E-state index contributed by atoms with van der Waals surface area (Å²) in [7, 11) is 1.66. The Balaban J connectivity index is 1.20. The Morgan fingerprint density at radius 1 is 1.13 bits per heavy atom. The van der Waals surface area contributed by atoms with Crippen molar-refractivity contribution in [3.63, 3.8) is 0 Å². The number of phenolic OH excluding ortho intramolecular Hbond substituents is 1. The van der Waals surface area contributed by atoms with Gasteiger partial charge in [-0.3, -0.25) is 9.80 Å². The molecule has 1 amide bonds. The first-order chi connectivity index (χ1) is 18.5. The number of pyridine rings is 1. The molecule has 0 saturated carbocycles. The summed E-state index contributed by atoms with van der Waals surface area (Å²) in [5.41, 5.74) is 7.94. The molecule has 0 radical (unpaired) electrons. The van der Waals surface area contributed by atoms with Gasteiger partial charge in [0.25, 0.3) is 11.8 Å². The third-order valence-corrected chi connectivity index (χ3v) is 6.90.